The molecule has 0 spiro atoms. The summed E-state index contributed by atoms with van der Waals surface area (Å²) < 4.78 is 0. The summed E-state index contributed by atoms with van der Waals surface area (Å²) in [5.74, 6) is 0.378. The number of rotatable bonds is 4. The molecule has 0 fully saturated rings. The van der Waals surface area contributed by atoms with E-state index in [-0.39, 0.29) is 16.6 Å². The maximum absolute atomic E-state index is 12.2. The molecule has 1 aromatic carbocycles. The number of amides is 1. The molecule has 3 rings (SSSR count). The molecule has 0 radical (unpaired) electrons. The van der Waals surface area contributed by atoms with Crippen LogP contribution in [0.2, 0.25) is 5.02 Å². The van der Waals surface area contributed by atoms with Gasteiger partial charge in [0.05, 0.1) is 16.0 Å². The van der Waals surface area contributed by atoms with Crippen molar-refractivity contribution in [2.24, 2.45) is 11.0 Å². The Bertz CT molecular complexity index is 863. The fraction of sp³-hybridized carbons (Fsp3) is 0.294. The summed E-state index contributed by atoms with van der Waals surface area (Å²) in [6, 6.07) is 6.27. The molecule has 1 aliphatic carbocycles. The van der Waals surface area contributed by atoms with Gasteiger partial charge < -0.3 is 0 Å². The van der Waals surface area contributed by atoms with Crippen LogP contribution >= 0.6 is 22.9 Å². The monoisotopic (exact) mass is 377 g/mol. The van der Waals surface area contributed by atoms with Crippen LogP contribution in [-0.2, 0) is 12.8 Å². The average Bonchev–Trinajstić information content (AvgIpc) is 2.99. The molecule has 6 nitrogen and oxygen atoms in total. The van der Waals surface area contributed by atoms with Crippen molar-refractivity contribution in [1.82, 2.24) is 5.43 Å². The largest absolute Gasteiger partial charge is 0.288 e. The standard InChI is InChI=1S/C17H16ClN3O3S/c1-10-2-5-15-12(6-10)8-16(25-15)17(22)20-19-9-11-3-4-13(18)14(7-11)21(23)24/h3-4,7-10H,2,5-6H2,1H3,(H,20,22)/b19-9-/t10-/m0/s1. The minimum absolute atomic E-state index is 0.0598. The minimum Gasteiger partial charge on any atom is -0.266 e. The number of fused-ring (bicyclic) bond motifs is 1. The van der Waals surface area contributed by atoms with Gasteiger partial charge in [-0.25, -0.2) is 5.43 Å². The second-order valence-electron chi connectivity index (χ2n) is 6.07. The maximum atomic E-state index is 12.2. The van der Waals surface area contributed by atoms with E-state index in [9.17, 15) is 14.9 Å². The van der Waals surface area contributed by atoms with Crippen molar-refractivity contribution in [3.05, 3.63) is 60.3 Å². The number of nitrogens with zero attached hydrogens (tertiary/aromatic N) is 2. The normalized spacial score (nSPS) is 16.6. The summed E-state index contributed by atoms with van der Waals surface area (Å²) in [6.45, 7) is 2.22. The molecule has 0 saturated heterocycles. The number of carbonyl (C=O) groups is 1. The molecular formula is C17H16ClN3O3S. The summed E-state index contributed by atoms with van der Waals surface area (Å²) in [6.07, 6.45) is 4.54. The number of hydrogen-bond donors (Lipinski definition) is 1. The molecular weight excluding hydrogens is 362 g/mol. The fourth-order valence-corrected chi connectivity index (χ4v) is 4.07. The Balaban J connectivity index is 1.67. The van der Waals surface area contributed by atoms with Gasteiger partial charge in [-0.05, 0) is 42.9 Å². The number of thiophene rings is 1. The first kappa shape index (κ1) is 17.6. The highest BCUT2D eigenvalue weighted by molar-refractivity contribution is 7.14. The smallest absolute Gasteiger partial charge is 0.266 e. The third kappa shape index (κ3) is 4.05. The van der Waals surface area contributed by atoms with Crippen LogP contribution in [0.3, 0.4) is 0 Å². The first-order valence-electron chi connectivity index (χ1n) is 7.83. The molecule has 1 N–H and O–H groups in total. The molecule has 1 aliphatic rings. The lowest BCUT2D eigenvalue weighted by molar-refractivity contribution is -0.384. The summed E-state index contributed by atoms with van der Waals surface area (Å²) in [5.41, 5.74) is 4.01. The van der Waals surface area contributed by atoms with Gasteiger partial charge in [0.25, 0.3) is 11.6 Å². The van der Waals surface area contributed by atoms with Crippen LogP contribution in [0.5, 0.6) is 0 Å². The van der Waals surface area contributed by atoms with E-state index in [2.05, 4.69) is 17.5 Å². The van der Waals surface area contributed by atoms with Crippen molar-refractivity contribution < 1.29 is 9.72 Å². The number of aryl methyl sites for hydroxylation is 1. The lowest BCUT2D eigenvalue weighted by Gasteiger charge is -2.16. The van der Waals surface area contributed by atoms with Crippen LogP contribution < -0.4 is 5.43 Å². The van der Waals surface area contributed by atoms with Crippen molar-refractivity contribution in [3.63, 3.8) is 0 Å². The molecule has 1 aromatic heterocycles. The molecule has 0 unspecified atom stereocenters. The molecule has 0 aliphatic heterocycles. The van der Waals surface area contributed by atoms with Gasteiger partial charge in [-0.3, -0.25) is 14.9 Å². The highest BCUT2D eigenvalue weighted by Crippen LogP contribution is 2.32. The number of hydrazone groups is 1. The van der Waals surface area contributed by atoms with Gasteiger partial charge >= 0.3 is 0 Å². The van der Waals surface area contributed by atoms with Crippen molar-refractivity contribution in [3.8, 4) is 0 Å². The summed E-state index contributed by atoms with van der Waals surface area (Å²) >= 11 is 7.27. The molecule has 1 atom stereocenters. The van der Waals surface area contributed by atoms with Gasteiger partial charge in [0.2, 0.25) is 0 Å². The van der Waals surface area contributed by atoms with E-state index in [1.54, 1.807) is 6.07 Å². The number of nitrogens with one attached hydrogen (secondary N) is 1. The van der Waals surface area contributed by atoms with Gasteiger partial charge in [0, 0.05) is 16.5 Å². The van der Waals surface area contributed by atoms with E-state index in [4.69, 9.17) is 11.6 Å². The second kappa shape index (κ2) is 7.33. The van der Waals surface area contributed by atoms with Crippen LogP contribution in [0.4, 0.5) is 5.69 Å². The fourth-order valence-electron chi connectivity index (χ4n) is 2.79. The van der Waals surface area contributed by atoms with Gasteiger partial charge in [-0.15, -0.1) is 11.3 Å². The number of carbonyl (C=O) groups excluding carboxylic acids is 1. The van der Waals surface area contributed by atoms with E-state index in [1.807, 2.05) is 6.07 Å². The lowest BCUT2D eigenvalue weighted by atomic mass is 9.90. The Hall–Kier alpha value is -2.25. The van der Waals surface area contributed by atoms with E-state index in [0.29, 0.717) is 16.4 Å². The Morgan fingerprint density at radius 2 is 2.28 bits per heavy atom. The van der Waals surface area contributed by atoms with Crippen molar-refractivity contribution in [2.75, 3.05) is 0 Å². The Morgan fingerprint density at radius 3 is 3.04 bits per heavy atom. The molecule has 0 bridgehead atoms. The molecule has 1 heterocycles. The van der Waals surface area contributed by atoms with Gasteiger partial charge in [0.15, 0.2) is 0 Å². The van der Waals surface area contributed by atoms with Gasteiger partial charge in [-0.1, -0.05) is 24.6 Å². The van der Waals surface area contributed by atoms with Crippen LogP contribution in [-0.4, -0.2) is 17.0 Å². The van der Waals surface area contributed by atoms with Crippen LogP contribution in [0, 0.1) is 16.0 Å². The van der Waals surface area contributed by atoms with Crippen LogP contribution in [0.1, 0.15) is 39.0 Å². The lowest BCUT2D eigenvalue weighted by Crippen LogP contribution is -2.16. The molecule has 1 amide bonds. The molecule has 0 saturated carbocycles. The third-order valence-electron chi connectivity index (χ3n) is 4.10. The van der Waals surface area contributed by atoms with Crippen LogP contribution in [0.15, 0.2) is 29.4 Å². The summed E-state index contributed by atoms with van der Waals surface area (Å²) in [5, 5.41) is 14.8. The molecule has 25 heavy (non-hydrogen) atoms. The Labute approximate surface area is 153 Å². The zero-order valence-electron chi connectivity index (χ0n) is 13.5. The molecule has 8 heteroatoms. The average molecular weight is 378 g/mol. The van der Waals surface area contributed by atoms with Crippen molar-refractivity contribution in [1.29, 1.82) is 0 Å². The van der Waals surface area contributed by atoms with Gasteiger partial charge in [-0.2, -0.15) is 5.10 Å². The minimum atomic E-state index is -0.560. The van der Waals surface area contributed by atoms with Gasteiger partial charge in [0.1, 0.15) is 5.02 Å². The zero-order valence-corrected chi connectivity index (χ0v) is 15.1. The first-order chi connectivity index (χ1) is 11.9. The number of halogens is 1. The van der Waals surface area contributed by atoms with E-state index in [1.165, 1.54) is 40.1 Å². The number of nitro groups is 1. The molecule has 130 valence electrons. The number of nitro benzene ring substituents is 1. The predicted molar refractivity (Wildman–Crippen MR) is 98.7 cm³/mol. The van der Waals surface area contributed by atoms with E-state index < -0.39 is 4.92 Å². The Morgan fingerprint density at radius 1 is 1.48 bits per heavy atom. The first-order valence-corrected chi connectivity index (χ1v) is 9.02. The van der Waals surface area contributed by atoms with Crippen molar-refractivity contribution in [2.45, 2.75) is 26.2 Å². The second-order valence-corrected chi connectivity index (χ2v) is 7.62. The third-order valence-corrected chi connectivity index (χ3v) is 5.66. The predicted octanol–water partition coefficient (Wildman–Crippen LogP) is 4.20. The summed E-state index contributed by atoms with van der Waals surface area (Å²) in [7, 11) is 0. The van der Waals surface area contributed by atoms with Crippen LogP contribution in [0.25, 0.3) is 0 Å². The van der Waals surface area contributed by atoms with E-state index in [0.717, 1.165) is 19.3 Å². The number of benzene rings is 1. The quantitative estimate of drug-likeness (QED) is 0.492. The topological polar surface area (TPSA) is 84.6 Å². The summed E-state index contributed by atoms with van der Waals surface area (Å²) in [4.78, 5) is 24.4. The van der Waals surface area contributed by atoms with E-state index >= 15 is 0 Å². The Kier molecular flexibility index (Phi) is 5.15. The SMILES string of the molecule is C[C@H]1CCc2sc(C(=O)N/N=C\c3ccc(Cl)c([N+](=O)[O-])c3)cc2C1. The highest BCUT2D eigenvalue weighted by Gasteiger charge is 2.20. The maximum Gasteiger partial charge on any atom is 0.288 e. The van der Waals surface area contributed by atoms with Crippen molar-refractivity contribution >= 4 is 40.7 Å². The number of hydrogen-bond acceptors (Lipinski definition) is 5. The highest BCUT2D eigenvalue weighted by atomic mass is 35.5. The molecule has 2 aromatic rings. The zero-order chi connectivity index (χ0) is 18.0.